The number of nitrogens with two attached hydrogens (primary N) is 1. The van der Waals surface area contributed by atoms with Gasteiger partial charge in [0.15, 0.2) is 0 Å². The normalized spacial score (nSPS) is 22.0. The summed E-state index contributed by atoms with van der Waals surface area (Å²) in [7, 11) is 0. The highest BCUT2D eigenvalue weighted by Crippen LogP contribution is 2.07. The van der Waals surface area contributed by atoms with Crippen LogP contribution < -0.4 is 5.73 Å². The van der Waals surface area contributed by atoms with Crippen LogP contribution in [0, 0.1) is 0 Å². The lowest BCUT2D eigenvalue weighted by molar-refractivity contribution is -0.146. The van der Waals surface area contributed by atoms with E-state index >= 15 is 0 Å². The molecule has 0 aromatic heterocycles. The van der Waals surface area contributed by atoms with Gasteiger partial charge in [0.05, 0.1) is 26.4 Å². The Morgan fingerprint density at radius 2 is 1.55 bits per heavy atom. The number of carbonyl (C=O) groups is 1. The molecule has 0 bridgehead atoms. The molecule has 2 aliphatic heterocycles. The molecule has 0 unspecified atom stereocenters. The van der Waals surface area contributed by atoms with Crippen LogP contribution in [0.2, 0.25) is 0 Å². The molecular weight excluding hydrogens is 286 g/mol. The van der Waals surface area contributed by atoms with E-state index in [4.69, 9.17) is 19.9 Å². The molecule has 2 fully saturated rings. The first-order valence-corrected chi connectivity index (χ1v) is 7.88. The van der Waals surface area contributed by atoms with E-state index in [-0.39, 0.29) is 12.1 Å². The van der Waals surface area contributed by atoms with Crippen molar-refractivity contribution in [2.75, 3.05) is 65.7 Å². The monoisotopic (exact) mass is 313 g/mol. The van der Waals surface area contributed by atoms with Gasteiger partial charge in [-0.05, 0) is 6.92 Å². The average Bonchev–Trinajstić information content (AvgIpc) is 2.48. The van der Waals surface area contributed by atoms with Crippen molar-refractivity contribution in [3.63, 3.8) is 0 Å². The van der Waals surface area contributed by atoms with Gasteiger partial charge in [0.1, 0.15) is 6.10 Å². The summed E-state index contributed by atoms with van der Waals surface area (Å²) in [4.78, 5) is 16.4. The Balaban J connectivity index is 1.89. The van der Waals surface area contributed by atoms with Gasteiger partial charge in [-0.25, -0.2) is 4.79 Å². The molecule has 0 aliphatic carbocycles. The van der Waals surface area contributed by atoms with Crippen LogP contribution in [0.4, 0.5) is 0 Å². The quantitative estimate of drug-likeness (QED) is 0.519. The zero-order valence-corrected chi connectivity index (χ0v) is 13.3. The lowest BCUT2D eigenvalue weighted by Crippen LogP contribution is -2.48. The van der Waals surface area contributed by atoms with E-state index in [1.807, 2.05) is 0 Å². The molecule has 0 atom stereocenters. The Bertz CT molecular complexity index is 353. The third-order valence-corrected chi connectivity index (χ3v) is 3.76. The molecule has 2 rings (SSSR count). The number of ether oxygens (including phenoxy) is 3. The van der Waals surface area contributed by atoms with Gasteiger partial charge in [-0.2, -0.15) is 0 Å². The molecule has 0 radical (unpaired) electrons. The van der Waals surface area contributed by atoms with E-state index in [9.17, 15) is 4.79 Å². The lowest BCUT2D eigenvalue weighted by Gasteiger charge is -2.34. The number of hydrogen-bond donors (Lipinski definition) is 1. The van der Waals surface area contributed by atoms with Gasteiger partial charge in [0.2, 0.25) is 0 Å². The standard InChI is InChI=1S/C15H27N3O4/c1-13(16)10-15(19)22-14(11-17-2-6-20-7-3-17)12-18-4-8-21-9-5-18/h10,14H,2-9,11-12,16H2,1H3. The molecule has 0 saturated carbocycles. The molecular formula is C15H27N3O4. The van der Waals surface area contributed by atoms with Crippen molar-refractivity contribution >= 4 is 5.97 Å². The van der Waals surface area contributed by atoms with Crippen LogP contribution in [-0.4, -0.2) is 87.6 Å². The molecule has 0 aromatic carbocycles. The van der Waals surface area contributed by atoms with E-state index in [0.717, 1.165) is 65.7 Å². The fraction of sp³-hybridized carbons (Fsp3) is 0.800. The van der Waals surface area contributed by atoms with Gasteiger partial charge in [-0.3, -0.25) is 9.80 Å². The van der Waals surface area contributed by atoms with E-state index in [1.165, 1.54) is 6.08 Å². The van der Waals surface area contributed by atoms with Crippen LogP contribution in [0.25, 0.3) is 0 Å². The first-order valence-electron chi connectivity index (χ1n) is 7.88. The van der Waals surface area contributed by atoms with E-state index < -0.39 is 0 Å². The number of morpholine rings is 2. The topological polar surface area (TPSA) is 77.3 Å². The van der Waals surface area contributed by atoms with Gasteiger partial charge in [0.25, 0.3) is 0 Å². The fourth-order valence-corrected chi connectivity index (χ4v) is 2.66. The second kappa shape index (κ2) is 9.09. The summed E-state index contributed by atoms with van der Waals surface area (Å²) in [5.74, 6) is -0.369. The summed E-state index contributed by atoms with van der Waals surface area (Å²) in [5.41, 5.74) is 6.00. The summed E-state index contributed by atoms with van der Waals surface area (Å²) < 4.78 is 16.3. The highest BCUT2D eigenvalue weighted by atomic mass is 16.5. The molecule has 2 aliphatic rings. The van der Waals surface area contributed by atoms with Crippen molar-refractivity contribution in [3.8, 4) is 0 Å². The number of rotatable bonds is 6. The van der Waals surface area contributed by atoms with Gasteiger partial charge >= 0.3 is 5.97 Å². The van der Waals surface area contributed by atoms with Crippen LogP contribution in [-0.2, 0) is 19.0 Å². The predicted octanol–water partition coefficient (Wildman–Crippen LogP) is -0.575. The smallest absolute Gasteiger partial charge is 0.332 e. The second-order valence-electron chi connectivity index (χ2n) is 5.77. The van der Waals surface area contributed by atoms with Crippen molar-refractivity contribution in [2.24, 2.45) is 5.73 Å². The Labute approximate surface area is 132 Å². The second-order valence-corrected chi connectivity index (χ2v) is 5.77. The molecule has 0 amide bonds. The van der Waals surface area contributed by atoms with E-state index in [1.54, 1.807) is 6.92 Å². The minimum atomic E-state index is -0.369. The maximum absolute atomic E-state index is 11.9. The van der Waals surface area contributed by atoms with Gasteiger partial charge in [-0.15, -0.1) is 0 Å². The number of nitrogens with zero attached hydrogens (tertiary/aromatic N) is 2. The first kappa shape index (κ1) is 17.2. The van der Waals surface area contributed by atoms with E-state index in [2.05, 4.69) is 9.80 Å². The van der Waals surface area contributed by atoms with E-state index in [0.29, 0.717) is 5.70 Å². The maximum Gasteiger partial charge on any atom is 0.332 e. The molecule has 0 aromatic rings. The Morgan fingerprint density at radius 1 is 1.09 bits per heavy atom. The Kier molecular flexibility index (Phi) is 7.11. The summed E-state index contributed by atoms with van der Waals surface area (Å²) in [6.07, 6.45) is 1.17. The van der Waals surface area contributed by atoms with Crippen LogP contribution in [0.1, 0.15) is 6.92 Å². The zero-order valence-electron chi connectivity index (χ0n) is 13.3. The molecule has 7 nitrogen and oxygen atoms in total. The van der Waals surface area contributed by atoms with Gasteiger partial charge in [-0.1, -0.05) is 0 Å². The van der Waals surface area contributed by atoms with Crippen LogP contribution in [0.15, 0.2) is 11.8 Å². The zero-order chi connectivity index (χ0) is 15.8. The third kappa shape index (κ3) is 6.31. The van der Waals surface area contributed by atoms with Crippen LogP contribution >= 0.6 is 0 Å². The summed E-state index contributed by atoms with van der Waals surface area (Å²) in [5, 5.41) is 0. The van der Waals surface area contributed by atoms with Crippen LogP contribution in [0.5, 0.6) is 0 Å². The van der Waals surface area contributed by atoms with Crippen molar-refractivity contribution in [1.82, 2.24) is 9.80 Å². The SMILES string of the molecule is CC(N)=CC(=O)OC(CN1CCOCC1)CN1CCOCC1. The summed E-state index contributed by atoms with van der Waals surface area (Å²) in [6, 6.07) is 0. The average molecular weight is 313 g/mol. The molecule has 2 heterocycles. The highest BCUT2D eigenvalue weighted by Gasteiger charge is 2.23. The van der Waals surface area contributed by atoms with Crippen molar-refractivity contribution in [2.45, 2.75) is 13.0 Å². The van der Waals surface area contributed by atoms with Crippen molar-refractivity contribution in [1.29, 1.82) is 0 Å². The molecule has 2 N–H and O–H groups in total. The number of allylic oxidation sites excluding steroid dienone is 1. The minimum absolute atomic E-state index is 0.167. The van der Waals surface area contributed by atoms with Crippen molar-refractivity contribution in [3.05, 3.63) is 11.8 Å². The molecule has 22 heavy (non-hydrogen) atoms. The third-order valence-electron chi connectivity index (χ3n) is 3.76. The first-order chi connectivity index (χ1) is 10.6. The fourth-order valence-electron chi connectivity index (χ4n) is 2.66. The summed E-state index contributed by atoms with van der Waals surface area (Å²) in [6.45, 7) is 9.59. The summed E-state index contributed by atoms with van der Waals surface area (Å²) >= 11 is 0. The van der Waals surface area contributed by atoms with Crippen molar-refractivity contribution < 1.29 is 19.0 Å². The predicted molar refractivity (Wildman–Crippen MR) is 82.3 cm³/mol. The number of carbonyl (C=O) groups excluding carboxylic acids is 1. The molecule has 2 saturated heterocycles. The molecule has 126 valence electrons. The molecule has 0 spiro atoms. The highest BCUT2D eigenvalue weighted by molar-refractivity contribution is 5.82. The Hall–Kier alpha value is -1.15. The molecule has 7 heteroatoms. The number of hydrogen-bond acceptors (Lipinski definition) is 7. The maximum atomic E-state index is 11.9. The van der Waals surface area contributed by atoms with Crippen LogP contribution in [0.3, 0.4) is 0 Å². The number of esters is 1. The lowest BCUT2D eigenvalue weighted by atomic mass is 10.2. The van der Waals surface area contributed by atoms with Gasteiger partial charge in [0, 0.05) is 51.0 Å². The van der Waals surface area contributed by atoms with Gasteiger partial charge < -0.3 is 19.9 Å². The largest absolute Gasteiger partial charge is 0.456 e. The Morgan fingerprint density at radius 3 is 1.95 bits per heavy atom. The minimum Gasteiger partial charge on any atom is -0.456 e.